The fourth-order valence-electron chi connectivity index (χ4n) is 2.57. The van der Waals surface area contributed by atoms with Gasteiger partial charge in [-0.25, -0.2) is 0 Å². The van der Waals surface area contributed by atoms with Gasteiger partial charge in [-0.1, -0.05) is 44.0 Å². The van der Waals surface area contributed by atoms with Gasteiger partial charge in [0, 0.05) is 25.9 Å². The molecule has 116 valence electrons. The number of hydrogen-bond donors (Lipinski definition) is 0. The molecule has 2 aromatic carbocycles. The number of carbonyl (C=O) groups excluding carboxylic acids is 1. The number of carboxylic acids is 1. The van der Waals surface area contributed by atoms with Crippen LogP contribution in [0, 0.1) is 6.92 Å². The smallest absolute Gasteiger partial charge is 0.0733 e. The van der Waals surface area contributed by atoms with E-state index in [1.165, 1.54) is 0 Å². The van der Waals surface area contributed by atoms with Gasteiger partial charge in [-0.3, -0.25) is 0 Å². The third-order valence-corrected chi connectivity index (χ3v) is 4.75. The first kappa shape index (κ1) is 16.0. The summed E-state index contributed by atoms with van der Waals surface area (Å²) in [4.78, 5) is 11.4. The summed E-state index contributed by atoms with van der Waals surface area (Å²) in [5.74, 6) is -1.17. The Hall–Kier alpha value is -1.85. The molecule has 5 heteroatoms. The molecule has 0 N–H and O–H groups in total. The molecule has 3 aromatic rings. The zero-order valence-corrected chi connectivity index (χ0v) is 15.4. The fourth-order valence-corrected chi connectivity index (χ4v) is 3.10. The van der Waals surface area contributed by atoms with Crippen molar-refractivity contribution in [3.05, 3.63) is 74.8 Å². The molecular weight excluding hydrogens is 422 g/mol. The monoisotopic (exact) mass is 432 g/mol. The molecule has 23 heavy (non-hydrogen) atoms. The van der Waals surface area contributed by atoms with Crippen molar-refractivity contribution in [3.8, 4) is 16.9 Å². The number of aromatic carboxylic acids is 1. The van der Waals surface area contributed by atoms with E-state index < -0.39 is 5.97 Å². The van der Waals surface area contributed by atoms with Gasteiger partial charge in [-0.05, 0) is 55.0 Å². The average molecular weight is 434 g/mol. The van der Waals surface area contributed by atoms with Crippen LogP contribution in [0.5, 0.6) is 0 Å². The molecule has 0 bridgehead atoms. The maximum Gasteiger partial charge on any atom is 0.0733 e. The number of hydrogen-bond acceptors (Lipinski definition) is 2. The van der Waals surface area contributed by atoms with Crippen LogP contribution in [0.2, 0.25) is 0 Å². The van der Waals surface area contributed by atoms with E-state index in [2.05, 4.69) is 31.9 Å². The number of carboxylic acid groups (broad SMARTS) is 1. The molecule has 0 unspecified atom stereocenters. The van der Waals surface area contributed by atoms with E-state index in [0.29, 0.717) is 5.69 Å². The predicted molar refractivity (Wildman–Crippen MR) is 95.7 cm³/mol. The van der Waals surface area contributed by atoms with Crippen LogP contribution < -0.4 is 5.11 Å². The van der Waals surface area contributed by atoms with Crippen molar-refractivity contribution in [1.29, 1.82) is 0 Å². The molecule has 0 aliphatic heterocycles. The molecule has 1 heterocycles. The molecule has 1 aromatic heterocycles. The van der Waals surface area contributed by atoms with Crippen molar-refractivity contribution in [2.75, 3.05) is 0 Å². The zero-order chi connectivity index (χ0) is 16.6. The highest BCUT2D eigenvalue weighted by Gasteiger charge is 2.15. The van der Waals surface area contributed by atoms with E-state index >= 15 is 0 Å². The van der Waals surface area contributed by atoms with Gasteiger partial charge < -0.3 is 14.5 Å². The number of nitrogens with zero attached hydrogens (tertiary/aromatic N) is 1. The average Bonchev–Trinajstić information content (AvgIpc) is 2.87. The van der Waals surface area contributed by atoms with Crippen LogP contribution in [0.1, 0.15) is 16.1 Å². The van der Waals surface area contributed by atoms with Gasteiger partial charge in [0.05, 0.1) is 11.7 Å². The molecule has 3 rings (SSSR count). The van der Waals surface area contributed by atoms with Crippen molar-refractivity contribution in [1.82, 2.24) is 4.57 Å². The highest BCUT2D eigenvalue weighted by Crippen LogP contribution is 2.30. The van der Waals surface area contributed by atoms with Gasteiger partial charge in [0.25, 0.3) is 0 Å². The summed E-state index contributed by atoms with van der Waals surface area (Å²) in [6.45, 7) is 1.79. The van der Waals surface area contributed by atoms with Crippen LogP contribution >= 0.6 is 31.9 Å². The van der Waals surface area contributed by atoms with Gasteiger partial charge >= 0.3 is 0 Å². The molecule has 0 radical (unpaired) electrons. The lowest BCUT2D eigenvalue weighted by Crippen LogP contribution is -2.22. The minimum atomic E-state index is -1.17. The van der Waals surface area contributed by atoms with Gasteiger partial charge in [-0.2, -0.15) is 0 Å². The summed E-state index contributed by atoms with van der Waals surface area (Å²) in [6.07, 6.45) is 0. The summed E-state index contributed by atoms with van der Waals surface area (Å²) >= 11 is 6.83. The van der Waals surface area contributed by atoms with Gasteiger partial charge in [0.2, 0.25) is 0 Å². The summed E-state index contributed by atoms with van der Waals surface area (Å²) in [7, 11) is 0. The molecule has 3 nitrogen and oxygen atoms in total. The third-order valence-electron chi connectivity index (χ3n) is 3.69. The SMILES string of the molecule is Cc1c(C(=O)[O-])cc(-c2ccc(Br)cc2)n1-c1ccc(Br)cc1. The van der Waals surface area contributed by atoms with Gasteiger partial charge in [-0.15, -0.1) is 0 Å². The Labute approximate surface area is 150 Å². The van der Waals surface area contributed by atoms with Crippen molar-refractivity contribution >= 4 is 37.8 Å². The van der Waals surface area contributed by atoms with E-state index in [1.807, 2.05) is 53.1 Å². The van der Waals surface area contributed by atoms with E-state index in [4.69, 9.17) is 0 Å². The number of carbonyl (C=O) groups is 1. The largest absolute Gasteiger partial charge is 0.545 e. The van der Waals surface area contributed by atoms with Gasteiger partial charge in [0.1, 0.15) is 0 Å². The normalized spacial score (nSPS) is 10.7. The Morgan fingerprint density at radius 1 is 0.957 bits per heavy atom. The standard InChI is InChI=1S/C18H13Br2NO2/c1-11-16(18(22)23)10-17(12-2-4-13(19)5-3-12)21(11)15-8-6-14(20)7-9-15/h2-10H,1H3,(H,22,23)/p-1. The summed E-state index contributed by atoms with van der Waals surface area (Å²) < 4.78 is 3.87. The van der Waals surface area contributed by atoms with Crippen LogP contribution in [-0.4, -0.2) is 10.5 Å². The Kier molecular flexibility index (Phi) is 4.41. The Bertz CT molecular complexity index is 865. The lowest BCUT2D eigenvalue weighted by atomic mass is 10.1. The second-order valence-electron chi connectivity index (χ2n) is 5.13. The molecule has 0 aliphatic carbocycles. The third kappa shape index (κ3) is 3.12. The van der Waals surface area contributed by atoms with E-state index in [-0.39, 0.29) is 5.56 Å². The minimum Gasteiger partial charge on any atom is -0.545 e. The second-order valence-corrected chi connectivity index (χ2v) is 6.97. The summed E-state index contributed by atoms with van der Waals surface area (Å²) in [6, 6.07) is 17.2. The maximum absolute atomic E-state index is 11.4. The van der Waals surface area contributed by atoms with Crippen molar-refractivity contribution in [2.45, 2.75) is 6.92 Å². The number of aromatic nitrogens is 1. The predicted octanol–water partition coefficient (Wildman–Crippen LogP) is 4.34. The number of rotatable bonds is 3. The van der Waals surface area contributed by atoms with Gasteiger partial charge in [0.15, 0.2) is 0 Å². The molecule has 0 atom stereocenters. The number of halogens is 2. The summed E-state index contributed by atoms with van der Waals surface area (Å²) in [5.41, 5.74) is 3.50. The lowest BCUT2D eigenvalue weighted by molar-refractivity contribution is -0.255. The first-order chi connectivity index (χ1) is 11.0. The van der Waals surface area contributed by atoms with Crippen LogP contribution in [0.15, 0.2) is 63.5 Å². The Balaban J connectivity index is 2.25. The molecule has 0 saturated heterocycles. The summed E-state index contributed by atoms with van der Waals surface area (Å²) in [5, 5.41) is 11.4. The van der Waals surface area contributed by atoms with E-state index in [0.717, 1.165) is 25.9 Å². The topological polar surface area (TPSA) is 45.1 Å². The maximum atomic E-state index is 11.4. The lowest BCUT2D eigenvalue weighted by Gasteiger charge is -2.13. The molecule has 0 saturated carbocycles. The molecular formula is C18H12Br2NO2-. The quantitative estimate of drug-likeness (QED) is 0.616. The molecule has 0 fully saturated rings. The fraction of sp³-hybridized carbons (Fsp3) is 0.0556. The molecule has 0 aliphatic rings. The molecule has 0 spiro atoms. The van der Waals surface area contributed by atoms with Crippen molar-refractivity contribution in [3.63, 3.8) is 0 Å². The first-order valence-corrected chi connectivity index (χ1v) is 8.51. The van der Waals surface area contributed by atoms with Crippen molar-refractivity contribution < 1.29 is 9.90 Å². The van der Waals surface area contributed by atoms with E-state index in [9.17, 15) is 9.90 Å². The Morgan fingerprint density at radius 3 is 2.00 bits per heavy atom. The van der Waals surface area contributed by atoms with Crippen LogP contribution in [0.4, 0.5) is 0 Å². The van der Waals surface area contributed by atoms with Crippen LogP contribution in [-0.2, 0) is 0 Å². The van der Waals surface area contributed by atoms with Crippen LogP contribution in [0.3, 0.4) is 0 Å². The zero-order valence-electron chi connectivity index (χ0n) is 12.2. The second kappa shape index (κ2) is 6.34. The first-order valence-electron chi connectivity index (χ1n) is 6.93. The highest BCUT2D eigenvalue weighted by atomic mass is 79.9. The van der Waals surface area contributed by atoms with E-state index in [1.54, 1.807) is 13.0 Å². The van der Waals surface area contributed by atoms with Crippen molar-refractivity contribution in [2.24, 2.45) is 0 Å². The van der Waals surface area contributed by atoms with Crippen LogP contribution in [0.25, 0.3) is 16.9 Å². The Morgan fingerprint density at radius 2 is 1.48 bits per heavy atom. The number of benzene rings is 2. The molecule has 0 amide bonds. The minimum absolute atomic E-state index is 0.200. The highest BCUT2D eigenvalue weighted by molar-refractivity contribution is 9.10.